The monoisotopic (exact) mass is 493 g/mol. The predicted octanol–water partition coefficient (Wildman–Crippen LogP) is 7.94. The van der Waals surface area contributed by atoms with Crippen LogP contribution in [0.4, 0.5) is 0 Å². The molecule has 190 valence electrons. The van der Waals surface area contributed by atoms with E-state index in [-0.39, 0.29) is 29.4 Å². The number of nitrogens with zero attached hydrogens (tertiary/aromatic N) is 1. The van der Waals surface area contributed by atoms with E-state index in [2.05, 4.69) is 109 Å². The van der Waals surface area contributed by atoms with Crippen molar-refractivity contribution >= 4 is 16.6 Å². The lowest BCUT2D eigenvalue weighted by Crippen LogP contribution is -2.71. The largest absolute Gasteiger partial charge is 0.413 e. The summed E-state index contributed by atoms with van der Waals surface area (Å²) in [5, 5.41) is 2.41. The van der Waals surface area contributed by atoms with Gasteiger partial charge >= 0.3 is 0 Å². The molecule has 5 atom stereocenters. The van der Waals surface area contributed by atoms with Gasteiger partial charge in [0.2, 0.25) is 0 Å². The van der Waals surface area contributed by atoms with Gasteiger partial charge in [0.05, 0.1) is 23.3 Å². The Morgan fingerprint density at radius 1 is 0.788 bits per heavy atom. The molecular weight excluding hydrogens is 442 g/mol. The topological polar surface area (TPSA) is 30.9 Å². The normalized spacial score (nSPS) is 27.8. The van der Waals surface area contributed by atoms with Crippen molar-refractivity contribution in [2.75, 3.05) is 0 Å². The van der Waals surface area contributed by atoms with Crippen molar-refractivity contribution in [3.63, 3.8) is 0 Å². The molecular formula is C27H51NO3Si2. The van der Waals surface area contributed by atoms with E-state index in [0.717, 1.165) is 25.7 Å². The molecule has 0 aromatic heterocycles. The first-order valence-electron chi connectivity index (χ1n) is 13.1. The van der Waals surface area contributed by atoms with Gasteiger partial charge in [0, 0.05) is 0 Å². The molecule has 1 aromatic carbocycles. The van der Waals surface area contributed by atoms with Crippen LogP contribution in [0.1, 0.15) is 78.4 Å². The summed E-state index contributed by atoms with van der Waals surface area (Å²) in [6.45, 7) is 25.1. The average molecular weight is 494 g/mol. The maximum atomic E-state index is 7.07. The first-order valence-corrected chi connectivity index (χ1v) is 19.9. The fourth-order valence-corrected chi connectivity index (χ4v) is 8.29. The first kappa shape index (κ1) is 28.7. The molecule has 1 fully saturated rings. The summed E-state index contributed by atoms with van der Waals surface area (Å²) in [6, 6.07) is 10.6. The van der Waals surface area contributed by atoms with Crippen LogP contribution in [0.25, 0.3) is 0 Å². The van der Waals surface area contributed by atoms with Gasteiger partial charge in [0.25, 0.3) is 0 Å². The lowest BCUT2D eigenvalue weighted by molar-refractivity contribution is -0.346. The summed E-state index contributed by atoms with van der Waals surface area (Å²) in [4.78, 5) is 7.07. The highest BCUT2D eigenvalue weighted by atomic mass is 28.4. The molecule has 0 bridgehead atoms. The van der Waals surface area contributed by atoms with Crippen molar-refractivity contribution in [3.8, 4) is 0 Å². The van der Waals surface area contributed by atoms with E-state index in [9.17, 15) is 0 Å². The summed E-state index contributed by atoms with van der Waals surface area (Å²) in [6.07, 6.45) is 5.43. The molecule has 3 unspecified atom stereocenters. The molecule has 0 amide bonds. The summed E-state index contributed by atoms with van der Waals surface area (Å²) in [5.74, 6) is 0. The quantitative estimate of drug-likeness (QED) is 0.293. The molecule has 1 saturated heterocycles. The van der Waals surface area contributed by atoms with Gasteiger partial charge in [0.15, 0.2) is 16.6 Å². The molecule has 1 aliphatic rings. The number of hydrogen-bond acceptors (Lipinski definition) is 4. The molecule has 1 aliphatic heterocycles. The third-order valence-corrected chi connectivity index (χ3v) is 9.48. The van der Waals surface area contributed by atoms with Gasteiger partial charge in [-0.25, -0.2) is 0 Å². The van der Waals surface area contributed by atoms with Crippen LogP contribution >= 0.6 is 0 Å². The fourth-order valence-electron chi connectivity index (χ4n) is 5.73. The van der Waals surface area contributed by atoms with Gasteiger partial charge < -0.3 is 8.85 Å². The zero-order chi connectivity index (χ0) is 25.1. The van der Waals surface area contributed by atoms with Crippen molar-refractivity contribution in [3.05, 3.63) is 35.9 Å². The zero-order valence-electron chi connectivity index (χ0n) is 23.3. The fraction of sp³-hybridized carbons (Fsp3) is 0.778. The Balaban J connectivity index is 2.59. The van der Waals surface area contributed by atoms with E-state index >= 15 is 0 Å². The predicted molar refractivity (Wildman–Crippen MR) is 145 cm³/mol. The summed E-state index contributed by atoms with van der Waals surface area (Å²) in [5.41, 5.74) is 0.833. The van der Waals surface area contributed by atoms with E-state index in [1.807, 2.05) is 0 Å². The van der Waals surface area contributed by atoms with Crippen LogP contribution in [-0.2, 0) is 13.7 Å². The standard InChI is InChI=1S/C27H51NO3Si2/c1-12-26(23(4)30-32(6,7)8)20-17-21-27(13-2,24(5)31-33(9,10)11)28(26)29-22(3)25-18-15-14-16-19-25/h14-16,18-19,22-24H,12-13,17,20-21H2,1-11H3/t22?,23?,24?,26-,27-/m0/s1. The minimum Gasteiger partial charge on any atom is -0.413 e. The maximum absolute atomic E-state index is 7.07. The van der Waals surface area contributed by atoms with Crippen molar-refractivity contribution in [2.24, 2.45) is 0 Å². The minimum atomic E-state index is -1.73. The Labute approximate surface area is 206 Å². The summed E-state index contributed by atoms with van der Waals surface area (Å²) in [7, 11) is -3.46. The van der Waals surface area contributed by atoms with Gasteiger partial charge in [-0.05, 0) is 97.7 Å². The van der Waals surface area contributed by atoms with E-state index in [1.165, 1.54) is 12.0 Å². The Bertz CT molecular complexity index is 695. The SMILES string of the molecule is CC[C@@]1(C(C)O[Si](C)(C)C)CCC[C@@](CC)(C(C)O[Si](C)(C)C)N1OC(C)c1ccccc1. The molecule has 33 heavy (non-hydrogen) atoms. The molecule has 0 N–H and O–H groups in total. The Hall–Kier alpha value is -0.506. The number of benzene rings is 1. The smallest absolute Gasteiger partial charge is 0.184 e. The van der Waals surface area contributed by atoms with Gasteiger partial charge in [-0.3, -0.25) is 4.84 Å². The number of rotatable bonds is 11. The van der Waals surface area contributed by atoms with Crippen LogP contribution in [0.5, 0.6) is 0 Å². The molecule has 0 spiro atoms. The van der Waals surface area contributed by atoms with Crippen LogP contribution in [0.2, 0.25) is 39.3 Å². The van der Waals surface area contributed by atoms with Crippen LogP contribution in [0, 0.1) is 0 Å². The number of hydrogen-bond donors (Lipinski definition) is 0. The van der Waals surface area contributed by atoms with Crippen molar-refractivity contribution in [1.82, 2.24) is 5.06 Å². The Morgan fingerprint density at radius 3 is 1.58 bits per heavy atom. The zero-order valence-corrected chi connectivity index (χ0v) is 25.3. The average Bonchev–Trinajstić information content (AvgIpc) is 2.72. The second-order valence-corrected chi connectivity index (χ2v) is 20.9. The van der Waals surface area contributed by atoms with E-state index in [4.69, 9.17) is 13.7 Å². The van der Waals surface area contributed by atoms with Crippen LogP contribution < -0.4 is 0 Å². The van der Waals surface area contributed by atoms with Gasteiger partial charge in [-0.15, -0.1) is 0 Å². The van der Waals surface area contributed by atoms with Crippen molar-refractivity contribution in [1.29, 1.82) is 0 Å². The molecule has 6 heteroatoms. The summed E-state index contributed by atoms with van der Waals surface area (Å²) < 4.78 is 13.6. The van der Waals surface area contributed by atoms with E-state index in [1.54, 1.807) is 0 Å². The minimum absolute atomic E-state index is 0.0423. The highest BCUT2D eigenvalue weighted by molar-refractivity contribution is 6.70. The molecule has 4 nitrogen and oxygen atoms in total. The second kappa shape index (κ2) is 11.0. The third-order valence-electron chi connectivity index (χ3n) is 7.36. The Morgan fingerprint density at radius 2 is 1.21 bits per heavy atom. The van der Waals surface area contributed by atoms with Gasteiger partial charge in [-0.1, -0.05) is 44.2 Å². The molecule has 1 heterocycles. The van der Waals surface area contributed by atoms with Crippen molar-refractivity contribution < 1.29 is 13.7 Å². The van der Waals surface area contributed by atoms with Crippen molar-refractivity contribution in [2.45, 2.75) is 135 Å². The molecule has 1 aromatic rings. The molecule has 2 rings (SSSR count). The number of piperidine rings is 1. The Kier molecular flexibility index (Phi) is 9.61. The molecule has 0 radical (unpaired) electrons. The summed E-state index contributed by atoms with van der Waals surface area (Å²) >= 11 is 0. The number of hydroxylamine groups is 2. The lowest BCUT2D eigenvalue weighted by atomic mass is 9.71. The maximum Gasteiger partial charge on any atom is 0.184 e. The molecule has 0 saturated carbocycles. The second-order valence-electron chi connectivity index (χ2n) is 12.0. The molecule has 0 aliphatic carbocycles. The van der Waals surface area contributed by atoms with E-state index in [0.29, 0.717) is 0 Å². The van der Waals surface area contributed by atoms with Crippen LogP contribution in [0.15, 0.2) is 30.3 Å². The first-order chi connectivity index (χ1) is 15.2. The van der Waals surface area contributed by atoms with Crippen LogP contribution in [-0.4, -0.2) is 45.0 Å². The van der Waals surface area contributed by atoms with Gasteiger partial charge in [-0.2, -0.15) is 5.06 Å². The van der Waals surface area contributed by atoms with Crippen LogP contribution in [0.3, 0.4) is 0 Å². The lowest BCUT2D eigenvalue weighted by Gasteiger charge is -2.61. The highest BCUT2D eigenvalue weighted by Gasteiger charge is 2.57. The van der Waals surface area contributed by atoms with E-state index < -0.39 is 16.6 Å². The third kappa shape index (κ3) is 6.80. The highest BCUT2D eigenvalue weighted by Crippen LogP contribution is 2.49. The van der Waals surface area contributed by atoms with Gasteiger partial charge in [0.1, 0.15) is 6.10 Å².